The molecule has 2 unspecified atom stereocenters. The molecule has 2 heterocycles. The Morgan fingerprint density at radius 3 is 2.40 bits per heavy atom. The highest BCUT2D eigenvalue weighted by Crippen LogP contribution is 2.21. The van der Waals surface area contributed by atoms with Gasteiger partial charge in [0.05, 0.1) is 6.04 Å². The molecule has 0 aromatic rings. The first-order chi connectivity index (χ1) is 9.74. The lowest BCUT2D eigenvalue weighted by Crippen LogP contribution is -2.55. The van der Waals surface area contributed by atoms with Crippen LogP contribution in [0.15, 0.2) is 0 Å². The highest BCUT2D eigenvalue weighted by molar-refractivity contribution is 5.81. The first-order valence-electron chi connectivity index (χ1n) is 8.43. The van der Waals surface area contributed by atoms with E-state index >= 15 is 0 Å². The van der Waals surface area contributed by atoms with Gasteiger partial charge in [-0.15, -0.1) is 0 Å². The lowest BCUT2D eigenvalue weighted by Gasteiger charge is -2.40. The zero-order valence-electron chi connectivity index (χ0n) is 13.2. The van der Waals surface area contributed by atoms with E-state index in [0.717, 1.165) is 26.2 Å². The smallest absolute Gasteiger partial charge is 0.239 e. The van der Waals surface area contributed by atoms with Gasteiger partial charge in [0, 0.05) is 25.7 Å². The predicted octanol–water partition coefficient (Wildman–Crippen LogP) is 1.85. The quantitative estimate of drug-likeness (QED) is 0.854. The van der Waals surface area contributed by atoms with Crippen LogP contribution in [0, 0.1) is 0 Å². The molecule has 0 aliphatic carbocycles. The van der Waals surface area contributed by atoms with Gasteiger partial charge in [0.15, 0.2) is 0 Å². The Balaban J connectivity index is 1.96. The highest BCUT2D eigenvalue weighted by Gasteiger charge is 2.32. The van der Waals surface area contributed by atoms with E-state index in [1.54, 1.807) is 0 Å². The van der Waals surface area contributed by atoms with Crippen LogP contribution >= 0.6 is 0 Å². The molecule has 2 saturated heterocycles. The molecular weight excluding hydrogens is 250 g/mol. The summed E-state index contributed by atoms with van der Waals surface area (Å²) < 4.78 is 0. The zero-order valence-corrected chi connectivity index (χ0v) is 13.2. The molecule has 0 saturated carbocycles. The summed E-state index contributed by atoms with van der Waals surface area (Å²) in [7, 11) is 2.01. The number of hydrogen-bond donors (Lipinski definition) is 1. The minimum atomic E-state index is 0.0479. The van der Waals surface area contributed by atoms with Gasteiger partial charge in [-0.05, 0) is 46.2 Å². The number of likely N-dealkylation sites (N-methyl/N-ethyl adjacent to an activating group) is 1. The van der Waals surface area contributed by atoms with E-state index in [2.05, 4.69) is 22.0 Å². The van der Waals surface area contributed by atoms with E-state index < -0.39 is 0 Å². The molecule has 20 heavy (non-hydrogen) atoms. The summed E-state index contributed by atoms with van der Waals surface area (Å²) in [6, 6.07) is 0.575. The van der Waals surface area contributed by atoms with Crippen LogP contribution in [0.3, 0.4) is 0 Å². The summed E-state index contributed by atoms with van der Waals surface area (Å²) in [5.41, 5.74) is 0. The Kier molecular flexibility index (Phi) is 6.30. The van der Waals surface area contributed by atoms with E-state index in [4.69, 9.17) is 0 Å². The number of carbonyl (C=O) groups is 1. The Bertz CT molecular complexity index is 298. The maximum absolute atomic E-state index is 12.8. The van der Waals surface area contributed by atoms with Crippen LogP contribution in [-0.2, 0) is 4.79 Å². The van der Waals surface area contributed by atoms with Gasteiger partial charge in [-0.2, -0.15) is 0 Å². The van der Waals surface area contributed by atoms with Crippen molar-refractivity contribution in [2.45, 2.75) is 64.0 Å². The van der Waals surface area contributed by atoms with Gasteiger partial charge < -0.3 is 10.2 Å². The van der Waals surface area contributed by atoms with E-state index in [0.29, 0.717) is 11.9 Å². The molecular formula is C16H31N3O. The summed E-state index contributed by atoms with van der Waals surface area (Å²) in [4.78, 5) is 17.3. The highest BCUT2D eigenvalue weighted by atomic mass is 16.2. The lowest BCUT2D eigenvalue weighted by atomic mass is 9.99. The van der Waals surface area contributed by atoms with Crippen molar-refractivity contribution in [3.63, 3.8) is 0 Å². The van der Waals surface area contributed by atoms with Crippen LogP contribution in [0.5, 0.6) is 0 Å². The van der Waals surface area contributed by atoms with Crippen LogP contribution in [0.4, 0.5) is 0 Å². The number of nitrogens with zero attached hydrogens (tertiary/aromatic N) is 2. The van der Waals surface area contributed by atoms with Crippen molar-refractivity contribution in [2.24, 2.45) is 0 Å². The Labute approximate surface area is 123 Å². The fourth-order valence-corrected chi connectivity index (χ4v) is 3.68. The summed E-state index contributed by atoms with van der Waals surface area (Å²) in [6.07, 6.45) is 8.68. The summed E-state index contributed by atoms with van der Waals surface area (Å²) in [5, 5.41) is 3.28. The zero-order chi connectivity index (χ0) is 14.4. The van der Waals surface area contributed by atoms with Crippen molar-refractivity contribution >= 4 is 5.91 Å². The van der Waals surface area contributed by atoms with Gasteiger partial charge in [-0.1, -0.05) is 19.3 Å². The minimum Gasteiger partial charge on any atom is -0.341 e. The van der Waals surface area contributed by atoms with E-state index in [9.17, 15) is 4.79 Å². The summed E-state index contributed by atoms with van der Waals surface area (Å²) in [6.45, 7) is 6.12. The first kappa shape index (κ1) is 15.8. The molecule has 2 aliphatic heterocycles. The molecule has 0 radical (unpaired) electrons. The normalized spacial score (nSPS) is 27.1. The molecule has 0 aromatic heterocycles. The topological polar surface area (TPSA) is 35.6 Å². The largest absolute Gasteiger partial charge is 0.341 e. The average Bonchev–Trinajstić information content (AvgIpc) is 2.76. The maximum Gasteiger partial charge on any atom is 0.239 e. The Hall–Kier alpha value is -0.610. The molecule has 2 aliphatic rings. The molecule has 2 rings (SSSR count). The fourth-order valence-electron chi connectivity index (χ4n) is 3.68. The van der Waals surface area contributed by atoms with Crippen LogP contribution in [0.1, 0.15) is 51.9 Å². The Morgan fingerprint density at radius 1 is 1.10 bits per heavy atom. The van der Waals surface area contributed by atoms with Gasteiger partial charge in [-0.25, -0.2) is 0 Å². The lowest BCUT2D eigenvalue weighted by molar-refractivity contribution is -0.137. The molecule has 1 amide bonds. The molecule has 0 bridgehead atoms. The van der Waals surface area contributed by atoms with Gasteiger partial charge in [0.2, 0.25) is 5.91 Å². The van der Waals surface area contributed by atoms with Crippen molar-refractivity contribution in [3.05, 3.63) is 0 Å². The fraction of sp³-hybridized carbons (Fsp3) is 0.938. The Morgan fingerprint density at radius 2 is 1.75 bits per heavy atom. The van der Waals surface area contributed by atoms with Gasteiger partial charge in [0.1, 0.15) is 0 Å². The third kappa shape index (κ3) is 3.95. The average molecular weight is 281 g/mol. The van der Waals surface area contributed by atoms with E-state index in [1.165, 1.54) is 44.9 Å². The molecule has 0 spiro atoms. The van der Waals surface area contributed by atoms with Crippen LogP contribution in [0.2, 0.25) is 0 Å². The molecule has 4 heteroatoms. The van der Waals surface area contributed by atoms with Gasteiger partial charge in [-0.3, -0.25) is 9.69 Å². The summed E-state index contributed by atoms with van der Waals surface area (Å²) >= 11 is 0. The predicted molar refractivity (Wildman–Crippen MR) is 82.8 cm³/mol. The van der Waals surface area contributed by atoms with Crippen LogP contribution < -0.4 is 5.32 Å². The second-order valence-electron chi connectivity index (χ2n) is 6.36. The third-order valence-corrected chi connectivity index (χ3v) is 4.89. The van der Waals surface area contributed by atoms with Crippen molar-refractivity contribution in [3.8, 4) is 0 Å². The number of piperidine rings is 1. The second kappa shape index (κ2) is 7.99. The molecule has 2 atom stereocenters. The number of amides is 1. The van der Waals surface area contributed by atoms with Crippen molar-refractivity contribution in [1.29, 1.82) is 0 Å². The third-order valence-electron chi connectivity index (χ3n) is 4.89. The first-order valence-corrected chi connectivity index (χ1v) is 8.43. The van der Waals surface area contributed by atoms with Crippen molar-refractivity contribution in [2.75, 3.05) is 33.2 Å². The number of likely N-dealkylation sites (tertiary alicyclic amines) is 2. The van der Waals surface area contributed by atoms with Gasteiger partial charge >= 0.3 is 0 Å². The summed E-state index contributed by atoms with van der Waals surface area (Å²) in [5.74, 6) is 0.356. The number of rotatable bonds is 4. The van der Waals surface area contributed by atoms with E-state index in [1.807, 2.05) is 7.05 Å². The second-order valence-corrected chi connectivity index (χ2v) is 6.36. The molecule has 1 N–H and O–H groups in total. The molecule has 0 aromatic carbocycles. The number of hydrogen-bond acceptors (Lipinski definition) is 3. The monoisotopic (exact) mass is 281 g/mol. The van der Waals surface area contributed by atoms with E-state index in [-0.39, 0.29) is 6.04 Å². The number of nitrogens with one attached hydrogen (secondary N) is 1. The molecule has 2 fully saturated rings. The van der Waals surface area contributed by atoms with Crippen LogP contribution in [-0.4, -0.2) is 61.0 Å². The maximum atomic E-state index is 12.8. The molecule has 4 nitrogen and oxygen atoms in total. The van der Waals surface area contributed by atoms with Crippen LogP contribution in [0.25, 0.3) is 0 Å². The molecule has 116 valence electrons. The standard InChI is InChI=1S/C16H31N3O/c1-14(16(20)18-10-6-3-4-7-11-18)19-12-8-5-9-15(19)13-17-2/h14-15,17H,3-13H2,1-2H3. The van der Waals surface area contributed by atoms with Crippen molar-refractivity contribution in [1.82, 2.24) is 15.1 Å². The minimum absolute atomic E-state index is 0.0479. The number of carbonyl (C=O) groups excluding carboxylic acids is 1. The van der Waals surface area contributed by atoms with Crippen molar-refractivity contribution < 1.29 is 4.79 Å². The van der Waals surface area contributed by atoms with Gasteiger partial charge in [0.25, 0.3) is 0 Å². The SMILES string of the molecule is CNCC1CCCCN1C(C)C(=O)N1CCCCCC1.